The van der Waals surface area contributed by atoms with Crippen molar-refractivity contribution in [2.24, 2.45) is 40.9 Å². The van der Waals surface area contributed by atoms with E-state index in [1.165, 1.54) is 27.8 Å². The molecule has 0 aliphatic heterocycles. The lowest BCUT2D eigenvalue weighted by Crippen LogP contribution is -2.49. The molecule has 11 aliphatic rings. The Morgan fingerprint density at radius 1 is 0.577 bits per heavy atom. The van der Waals surface area contributed by atoms with E-state index in [9.17, 15) is 0 Å². The molecule has 1 aromatic heterocycles. The smallest absolute Gasteiger partial charge is 0.159 e. The van der Waals surface area contributed by atoms with Gasteiger partial charge in [0.2, 0.25) is 0 Å². The van der Waals surface area contributed by atoms with E-state index in [-0.39, 0.29) is 59.1 Å². The number of benzene rings is 5. The second kappa shape index (κ2) is 25.5. The van der Waals surface area contributed by atoms with Crippen LogP contribution in [-0.4, -0.2) is 24.3 Å². The van der Waals surface area contributed by atoms with Gasteiger partial charge in [-0.1, -0.05) is 206 Å². The molecule has 7 heteroatoms. The first-order chi connectivity index (χ1) is 47.8. The zero-order valence-corrected chi connectivity index (χ0v) is 55.2. The monoisotopic (exact) mass is 1280 g/mol. The number of hydrogen-bond acceptors (Lipinski definition) is 5. The molecule has 0 spiro atoms. The predicted molar refractivity (Wildman–Crippen MR) is 393 cm³/mol. The van der Waals surface area contributed by atoms with E-state index < -0.39 is 5.41 Å². The first-order valence-corrected chi connectivity index (χ1v) is 35.8. The van der Waals surface area contributed by atoms with Gasteiger partial charge in [0.25, 0.3) is 0 Å². The van der Waals surface area contributed by atoms with Crippen molar-refractivity contribution in [3.63, 3.8) is 0 Å². The number of para-hydroxylation sites is 3. The van der Waals surface area contributed by atoms with E-state index in [0.29, 0.717) is 49.4 Å². The van der Waals surface area contributed by atoms with Crippen LogP contribution in [-0.2, 0) is 10.2 Å². The Morgan fingerprint density at radius 3 is 2.09 bits per heavy atom. The summed E-state index contributed by atoms with van der Waals surface area (Å²) in [6.45, 7) is 7.92. The van der Waals surface area contributed by atoms with Crippen molar-refractivity contribution in [1.82, 2.24) is 0 Å². The van der Waals surface area contributed by atoms with Gasteiger partial charge in [-0.25, -0.2) is 8.78 Å². The van der Waals surface area contributed by atoms with Crippen LogP contribution < -0.4 is 14.5 Å². The van der Waals surface area contributed by atoms with Gasteiger partial charge in [0, 0.05) is 82.6 Å². The van der Waals surface area contributed by atoms with Crippen LogP contribution >= 0.6 is 0 Å². The fourth-order valence-electron chi connectivity index (χ4n) is 19.8. The second-order valence-electron chi connectivity index (χ2n) is 28.6. The van der Waals surface area contributed by atoms with E-state index in [1.807, 2.05) is 42.5 Å². The van der Waals surface area contributed by atoms with Crippen molar-refractivity contribution in [2.75, 3.05) is 9.80 Å². The number of hydrogen-bond donors (Lipinski definition) is 0. The topological polar surface area (TPSA) is 38.1 Å². The summed E-state index contributed by atoms with van der Waals surface area (Å²) < 4.78 is 51.9. The lowest BCUT2D eigenvalue weighted by molar-refractivity contribution is 0.0811. The van der Waals surface area contributed by atoms with Crippen LogP contribution in [0.3, 0.4) is 0 Å². The molecule has 0 saturated heterocycles. The molecule has 0 bridgehead atoms. The van der Waals surface area contributed by atoms with Gasteiger partial charge in [0.05, 0.1) is 17.1 Å². The maximum atomic E-state index is 15.4. The molecule has 0 radical (unpaired) electrons. The average Bonchev–Trinajstić information content (AvgIpc) is 1.55. The van der Waals surface area contributed by atoms with Crippen LogP contribution in [0.2, 0.25) is 0 Å². The van der Waals surface area contributed by atoms with Gasteiger partial charge in [-0.2, -0.15) is 0 Å². The molecule has 1 saturated carbocycles. The largest absolute Gasteiger partial charge is 0.490 e. The fourth-order valence-corrected chi connectivity index (χ4v) is 19.8. The van der Waals surface area contributed by atoms with Gasteiger partial charge in [-0.3, -0.25) is 0 Å². The van der Waals surface area contributed by atoms with Crippen LogP contribution in [0.1, 0.15) is 106 Å². The Kier molecular flexibility index (Phi) is 16.1. The van der Waals surface area contributed by atoms with Crippen LogP contribution in [0.4, 0.5) is 25.8 Å². The SMILES string of the molecule is C=CC1=CCC(OC2=CC=C(C3(C4C=CC(F)=CC4)C4CCC=CC4C4C=CC(N(c5cccc6c5oc5c(N(C7=CC8C(C=C7)c7ccccc7C8(C7=CCC(Oc8ccc(C=C)cc8)C=C7)C7=CC=C(F)CC7)c7ccccc7)cccc56)C5CC=CCC5)CC43)CC2)C=C1. The summed E-state index contributed by atoms with van der Waals surface area (Å²) in [4.78, 5) is 5.20. The van der Waals surface area contributed by atoms with E-state index in [4.69, 9.17) is 13.9 Å². The minimum atomic E-state index is -0.603. The van der Waals surface area contributed by atoms with Crippen LogP contribution in [0, 0.1) is 40.9 Å². The Bertz CT molecular complexity index is 4620. The molecule has 5 nitrogen and oxygen atoms in total. The summed E-state index contributed by atoms with van der Waals surface area (Å²) in [6, 6.07) is 41.7. The third-order valence-electron chi connectivity index (χ3n) is 23.9. The van der Waals surface area contributed by atoms with Crippen molar-refractivity contribution in [2.45, 2.75) is 119 Å². The number of rotatable bonds is 16. The molecule has 6 aromatic rings. The summed E-state index contributed by atoms with van der Waals surface area (Å²) in [5, 5.41) is 2.16. The zero-order valence-electron chi connectivity index (χ0n) is 55.2. The second-order valence-corrected chi connectivity index (χ2v) is 28.6. The molecule has 5 aromatic carbocycles. The number of allylic oxidation sites excluding steroid dienone is 24. The number of fused-ring (bicyclic) bond motifs is 9. The highest BCUT2D eigenvalue weighted by atomic mass is 19.1. The van der Waals surface area contributed by atoms with E-state index in [0.717, 1.165) is 125 Å². The van der Waals surface area contributed by atoms with E-state index >= 15 is 8.78 Å². The molecule has 13 atom stereocenters. The van der Waals surface area contributed by atoms with Crippen LogP contribution in [0.15, 0.2) is 318 Å². The third kappa shape index (κ3) is 10.5. The highest BCUT2D eigenvalue weighted by Crippen LogP contribution is 2.70. The summed E-state index contributed by atoms with van der Waals surface area (Å²) in [7, 11) is 0. The fraction of sp³-hybridized carbons (Fsp3) is 0.289. The third-order valence-corrected chi connectivity index (χ3v) is 23.9. The summed E-state index contributed by atoms with van der Waals surface area (Å²) in [5.74, 6) is 3.26. The summed E-state index contributed by atoms with van der Waals surface area (Å²) in [5.41, 5.74) is 13.8. The quantitative estimate of drug-likeness (QED) is 0.0903. The number of nitrogens with zero attached hydrogens (tertiary/aromatic N) is 2. The van der Waals surface area contributed by atoms with Gasteiger partial charge in [0.15, 0.2) is 11.2 Å². The molecule has 11 aliphatic carbocycles. The van der Waals surface area contributed by atoms with Gasteiger partial charge in [-0.15, -0.1) is 0 Å². The predicted octanol–water partition coefficient (Wildman–Crippen LogP) is 22.9. The lowest BCUT2D eigenvalue weighted by atomic mass is 9.53. The molecule has 17 rings (SSSR count). The van der Waals surface area contributed by atoms with Crippen molar-refractivity contribution in [3.05, 3.63) is 330 Å². The van der Waals surface area contributed by atoms with Crippen LogP contribution in [0.25, 0.3) is 28.0 Å². The number of furan rings is 1. The van der Waals surface area contributed by atoms with Crippen molar-refractivity contribution in [3.8, 4) is 5.75 Å². The minimum Gasteiger partial charge on any atom is -0.490 e. The van der Waals surface area contributed by atoms with Crippen LogP contribution in [0.5, 0.6) is 5.75 Å². The molecule has 0 amide bonds. The van der Waals surface area contributed by atoms with Gasteiger partial charge >= 0.3 is 0 Å². The molecule has 97 heavy (non-hydrogen) atoms. The Morgan fingerprint density at radius 2 is 1.35 bits per heavy atom. The maximum Gasteiger partial charge on any atom is 0.159 e. The normalized spacial score (nSPS) is 30.5. The van der Waals surface area contributed by atoms with Crippen molar-refractivity contribution in [1.29, 1.82) is 0 Å². The number of halogens is 2. The summed E-state index contributed by atoms with van der Waals surface area (Å²) >= 11 is 0. The molecule has 13 unspecified atom stereocenters. The summed E-state index contributed by atoms with van der Waals surface area (Å²) in [6.07, 6.45) is 64.9. The molecule has 1 heterocycles. The molecule has 1 fully saturated rings. The Balaban J connectivity index is 0.767. The first-order valence-electron chi connectivity index (χ1n) is 35.8. The number of anilines is 3. The first kappa shape index (κ1) is 61.2. The van der Waals surface area contributed by atoms with Gasteiger partial charge in [0.1, 0.15) is 29.6 Å². The lowest BCUT2D eigenvalue weighted by Gasteiger charge is -2.52. The van der Waals surface area contributed by atoms with Crippen molar-refractivity contribution >= 4 is 45.1 Å². The standard InChI is InChI=1S/C90H84F2N2O3/c1-3-59-29-47-71(48-30-59)95-73-51-37-63(38-52-73)89(61-33-41-65(91)42-34-61)81-25-13-11-21-75(81)77-55-45-69(57-83(77)89)93(67-17-7-5-8-18-67)85-27-15-23-79-80-24-16-28-86(88(80)97-87(79)85)94(68-19-9-6-10-20-68)70-46-56-78-76-22-12-14-26-82(76)90(84(78)58-70,62-35-43-66(92)44-36-62)64-39-53-74(54-40-64)96-72-49-31-60(4-2)32-50-72/h3-9,11-13,15-18,21-25,27-33,35,37-39,41,43-49,51,53,55-57,62,68,70,72-73,76-78,82-84H,1-2,10,14,19-20,26,34,36,40,42,50,52,54,58H2. The minimum absolute atomic E-state index is 0.00235. The maximum absolute atomic E-state index is 15.4. The highest BCUT2D eigenvalue weighted by molar-refractivity contribution is 6.13. The molecular weight excluding hydrogens is 1190 g/mol. The molecule has 486 valence electrons. The van der Waals surface area contributed by atoms with Gasteiger partial charge < -0.3 is 23.7 Å². The Labute approximate surface area is 570 Å². The Hall–Kier alpha value is -9.46. The number of ether oxygens (including phenoxy) is 2. The highest BCUT2D eigenvalue weighted by Gasteiger charge is 2.64. The van der Waals surface area contributed by atoms with Gasteiger partial charge in [-0.05, 0) is 194 Å². The molecule has 0 N–H and O–H groups in total. The van der Waals surface area contributed by atoms with Crippen molar-refractivity contribution < 1.29 is 22.7 Å². The zero-order chi connectivity index (χ0) is 65.2. The van der Waals surface area contributed by atoms with E-state index in [2.05, 4.69) is 229 Å². The molecular formula is C90H84F2N2O3. The van der Waals surface area contributed by atoms with E-state index in [1.54, 1.807) is 12.2 Å². The average molecular weight is 1280 g/mol.